The smallest absolute Gasteiger partial charge is 0.178 e. The molecule has 0 spiro atoms. The van der Waals surface area contributed by atoms with E-state index in [4.69, 9.17) is 11.2 Å². The van der Waals surface area contributed by atoms with Gasteiger partial charge in [-0.25, -0.2) is 0 Å². The summed E-state index contributed by atoms with van der Waals surface area (Å²) in [5.41, 5.74) is 0.410. The van der Waals surface area contributed by atoms with E-state index in [1.54, 1.807) is 0 Å². The van der Waals surface area contributed by atoms with Gasteiger partial charge in [0.25, 0.3) is 0 Å². The minimum Gasteiger partial charge on any atom is -0.306 e. The summed E-state index contributed by atoms with van der Waals surface area (Å²) in [5, 5.41) is 0.0728. The van der Waals surface area contributed by atoms with Crippen LogP contribution in [0.3, 0.4) is 0 Å². The summed E-state index contributed by atoms with van der Waals surface area (Å²) in [6.45, 7) is -2.58. The Balaban J connectivity index is 1.38. The first kappa shape index (κ1) is 14.7. The van der Waals surface area contributed by atoms with Gasteiger partial charge in [-0.3, -0.25) is 0 Å². The first-order valence-electron chi connectivity index (χ1n) is 10.3. The van der Waals surface area contributed by atoms with Crippen LogP contribution in [0.2, 0.25) is 0 Å². The Morgan fingerprint density at radius 2 is 1.04 bits per heavy atom. The van der Waals surface area contributed by atoms with Gasteiger partial charge in [0.15, 0.2) is 6.49 Å². The second-order valence-corrected chi connectivity index (χ2v) is 14.8. The van der Waals surface area contributed by atoms with Crippen molar-refractivity contribution in [2.24, 2.45) is 41.4 Å². The van der Waals surface area contributed by atoms with Crippen LogP contribution in [0.4, 0.5) is 0 Å². The molecule has 0 saturated heterocycles. The third kappa shape index (κ3) is 1.91. The van der Waals surface area contributed by atoms with Crippen LogP contribution < -0.4 is 0 Å². The van der Waals surface area contributed by atoms with Gasteiger partial charge >= 0.3 is 0 Å². The summed E-state index contributed by atoms with van der Waals surface area (Å²) in [4.78, 5) is 0. The summed E-state index contributed by atoms with van der Waals surface area (Å²) in [6, 6.07) is 0. The van der Waals surface area contributed by atoms with E-state index in [-0.39, 0.29) is 5.16 Å². The van der Waals surface area contributed by atoms with Crippen LogP contribution in [-0.2, 0) is 4.57 Å². The summed E-state index contributed by atoms with van der Waals surface area (Å²) in [6.07, 6.45) is 14.9. The van der Waals surface area contributed by atoms with Crippen molar-refractivity contribution in [1.29, 1.82) is 0 Å². The zero-order valence-electron chi connectivity index (χ0n) is 14.1. The molecule has 1 unspecified atom stereocenters. The van der Waals surface area contributed by atoms with Crippen LogP contribution in [0.15, 0.2) is 0 Å². The molecule has 3 heteroatoms. The lowest BCUT2D eigenvalue weighted by atomic mass is 9.55. The van der Waals surface area contributed by atoms with Crippen molar-refractivity contribution in [3.05, 3.63) is 0 Å². The number of hydrogen-bond donors (Lipinski definition) is 0. The second kappa shape index (κ2) is 4.62. The Morgan fingerprint density at radius 1 is 0.652 bits per heavy atom. The fourth-order valence-corrected chi connectivity index (χ4v) is 14.5. The van der Waals surface area contributed by atoms with Crippen molar-refractivity contribution in [3.63, 3.8) is 0 Å². The highest BCUT2D eigenvalue weighted by Crippen LogP contribution is 2.81. The van der Waals surface area contributed by atoms with Crippen LogP contribution in [0, 0.1) is 41.4 Å². The van der Waals surface area contributed by atoms with E-state index in [0.29, 0.717) is 5.66 Å². The van der Waals surface area contributed by atoms with Crippen molar-refractivity contribution in [2.75, 3.05) is 0 Å². The predicted octanol–water partition coefficient (Wildman–Crippen LogP) is 6.30. The first-order valence-corrected chi connectivity index (χ1v) is 13.0. The molecule has 8 bridgehead atoms. The molecule has 0 aromatic heterocycles. The third-order valence-electron chi connectivity index (χ3n) is 9.21. The number of rotatable bonds is 2. The molecule has 1 atom stereocenters. The largest absolute Gasteiger partial charge is 0.306 e. The molecule has 0 heterocycles. The molecule has 0 amide bonds. The molecule has 1 nitrogen and oxygen atoms in total. The Morgan fingerprint density at radius 3 is 1.48 bits per heavy atom. The van der Waals surface area contributed by atoms with Gasteiger partial charge in [0.1, 0.15) is 0 Å². The molecular weight excluding hydrogens is 323 g/mol. The van der Waals surface area contributed by atoms with Gasteiger partial charge in [0, 0.05) is 10.8 Å². The van der Waals surface area contributed by atoms with E-state index in [0.717, 1.165) is 41.4 Å². The van der Waals surface area contributed by atoms with Crippen LogP contribution in [0.5, 0.6) is 0 Å². The van der Waals surface area contributed by atoms with Crippen LogP contribution in [0.1, 0.15) is 70.6 Å². The van der Waals surface area contributed by atoms with Gasteiger partial charge in [-0.15, -0.1) is 0 Å². The van der Waals surface area contributed by atoms with E-state index in [1.807, 2.05) is 0 Å². The highest BCUT2D eigenvalue weighted by molar-refractivity contribution is 7.91. The molecule has 8 aliphatic rings. The zero-order valence-corrected chi connectivity index (χ0v) is 15.8. The molecule has 23 heavy (non-hydrogen) atoms. The molecule has 0 aromatic carbocycles. The topological polar surface area (TPSA) is 17.1 Å². The fourth-order valence-electron chi connectivity index (χ4n) is 9.19. The SMILES string of the molecule is O=P(Cl)(C1C2CC3CC(C2)CC1C3)C12CC3CC(CC(C3)C1)C2. The van der Waals surface area contributed by atoms with Crippen molar-refractivity contribution < 1.29 is 4.57 Å². The van der Waals surface area contributed by atoms with Crippen molar-refractivity contribution in [3.8, 4) is 0 Å². The molecule has 8 saturated carbocycles. The molecule has 8 fully saturated rings. The zero-order chi connectivity index (χ0) is 15.4. The standard InChI is InChI=1S/C20H30ClOP/c21-23(22,19-17-5-12-1-13(7-17)8-18(19)6-12)20-9-14-2-15(10-20)4-16(3-14)11-20/h12-19H,1-11H2. The Hall–Kier alpha value is 0.520. The maximum Gasteiger partial charge on any atom is 0.178 e. The minimum absolute atomic E-state index is 0.0728. The van der Waals surface area contributed by atoms with E-state index in [1.165, 1.54) is 70.6 Å². The lowest BCUT2D eigenvalue weighted by Gasteiger charge is -2.62. The molecule has 128 valence electrons. The van der Waals surface area contributed by atoms with Crippen LogP contribution >= 0.6 is 17.7 Å². The van der Waals surface area contributed by atoms with Gasteiger partial charge in [-0.1, -0.05) is 11.2 Å². The van der Waals surface area contributed by atoms with Crippen molar-refractivity contribution in [2.45, 2.75) is 81.4 Å². The average molecular weight is 353 g/mol. The minimum atomic E-state index is -2.58. The molecule has 0 aliphatic heterocycles. The fraction of sp³-hybridized carbons (Fsp3) is 1.00. The van der Waals surface area contributed by atoms with Gasteiger partial charge in [-0.2, -0.15) is 0 Å². The van der Waals surface area contributed by atoms with Gasteiger partial charge in [-0.05, 0) is 112 Å². The molecule has 0 aromatic rings. The summed E-state index contributed by atoms with van der Waals surface area (Å²) >= 11 is 7.26. The first-order chi connectivity index (χ1) is 11.0. The average Bonchev–Trinajstić information content (AvgIpc) is 2.44. The van der Waals surface area contributed by atoms with Gasteiger partial charge in [0.2, 0.25) is 0 Å². The molecular formula is C20H30ClOP. The third-order valence-corrected chi connectivity index (χ3v) is 14.4. The Kier molecular flexibility index (Phi) is 2.94. The van der Waals surface area contributed by atoms with E-state index >= 15 is 0 Å². The lowest BCUT2D eigenvalue weighted by Crippen LogP contribution is -2.54. The van der Waals surface area contributed by atoms with Gasteiger partial charge < -0.3 is 4.57 Å². The molecule has 0 radical (unpaired) electrons. The predicted molar refractivity (Wildman–Crippen MR) is 95.2 cm³/mol. The van der Waals surface area contributed by atoms with Crippen molar-refractivity contribution >= 4 is 17.7 Å². The summed E-state index contributed by atoms with van der Waals surface area (Å²) in [5.74, 6) is 5.97. The Labute approximate surface area is 145 Å². The van der Waals surface area contributed by atoms with Crippen molar-refractivity contribution in [1.82, 2.24) is 0 Å². The molecule has 8 aliphatic carbocycles. The maximum absolute atomic E-state index is 14.3. The normalized spacial score (nSPS) is 61.8. The lowest BCUT2D eigenvalue weighted by molar-refractivity contribution is 0.0124. The van der Waals surface area contributed by atoms with E-state index in [2.05, 4.69) is 0 Å². The Bertz CT molecular complexity index is 521. The monoisotopic (exact) mass is 352 g/mol. The second-order valence-electron chi connectivity index (χ2n) is 10.6. The maximum atomic E-state index is 14.3. The number of halogens is 1. The summed E-state index contributed by atoms with van der Waals surface area (Å²) < 4.78 is 14.3. The highest BCUT2D eigenvalue weighted by Gasteiger charge is 2.64. The number of hydrogen-bond acceptors (Lipinski definition) is 1. The highest BCUT2D eigenvalue weighted by atomic mass is 35.7. The quantitative estimate of drug-likeness (QED) is 0.533. The van der Waals surface area contributed by atoms with E-state index < -0.39 is 6.49 Å². The van der Waals surface area contributed by atoms with Crippen LogP contribution in [-0.4, -0.2) is 10.8 Å². The van der Waals surface area contributed by atoms with Crippen LogP contribution in [0.25, 0.3) is 0 Å². The summed E-state index contributed by atoms with van der Waals surface area (Å²) in [7, 11) is 0. The van der Waals surface area contributed by atoms with E-state index in [9.17, 15) is 4.57 Å². The molecule has 0 N–H and O–H groups in total. The van der Waals surface area contributed by atoms with Gasteiger partial charge in [0.05, 0.1) is 0 Å². The molecule has 8 rings (SSSR count).